The summed E-state index contributed by atoms with van der Waals surface area (Å²) in [6, 6.07) is 2.34. The molecule has 0 aliphatic carbocycles. The van der Waals surface area contributed by atoms with Crippen LogP contribution in [0.4, 0.5) is 18.9 Å². The lowest BCUT2D eigenvalue weighted by Crippen LogP contribution is -2.63. The largest absolute Gasteiger partial charge is 0.363 e. The SMILES string of the molecule is CCC1(CC)CN(c2ccc(F)c(F)c2F)C(C)CN1. The topological polar surface area (TPSA) is 15.3 Å². The van der Waals surface area contributed by atoms with Gasteiger partial charge in [0.15, 0.2) is 17.5 Å². The van der Waals surface area contributed by atoms with Crippen molar-refractivity contribution in [2.45, 2.75) is 45.2 Å². The van der Waals surface area contributed by atoms with Crippen LogP contribution in [0.3, 0.4) is 0 Å². The molecule has 0 bridgehead atoms. The highest BCUT2D eigenvalue weighted by Gasteiger charge is 2.36. The van der Waals surface area contributed by atoms with E-state index in [4.69, 9.17) is 0 Å². The number of nitrogens with zero attached hydrogens (tertiary/aromatic N) is 1. The third-order valence-corrected chi connectivity index (χ3v) is 4.46. The molecular weight excluding hydrogens is 265 g/mol. The molecule has 0 spiro atoms. The van der Waals surface area contributed by atoms with Gasteiger partial charge in [-0.3, -0.25) is 0 Å². The van der Waals surface area contributed by atoms with Crippen LogP contribution in [-0.4, -0.2) is 24.7 Å². The molecule has 1 aliphatic heterocycles. The molecule has 1 aromatic carbocycles. The lowest BCUT2D eigenvalue weighted by molar-refractivity contribution is 0.252. The Labute approximate surface area is 118 Å². The predicted molar refractivity (Wildman–Crippen MR) is 74.4 cm³/mol. The maximum absolute atomic E-state index is 14.0. The molecule has 1 fully saturated rings. The average molecular weight is 286 g/mol. The van der Waals surface area contributed by atoms with E-state index in [9.17, 15) is 13.2 Å². The van der Waals surface area contributed by atoms with E-state index in [1.54, 1.807) is 0 Å². The van der Waals surface area contributed by atoms with Crippen molar-refractivity contribution in [1.82, 2.24) is 5.32 Å². The molecule has 2 nitrogen and oxygen atoms in total. The van der Waals surface area contributed by atoms with E-state index in [0.717, 1.165) is 18.9 Å². The number of rotatable bonds is 3. The van der Waals surface area contributed by atoms with Gasteiger partial charge in [-0.1, -0.05) is 13.8 Å². The zero-order chi connectivity index (χ0) is 14.9. The fourth-order valence-electron chi connectivity index (χ4n) is 2.80. The molecule has 0 saturated carbocycles. The van der Waals surface area contributed by atoms with Gasteiger partial charge in [-0.05, 0) is 31.9 Å². The second kappa shape index (κ2) is 5.64. The van der Waals surface area contributed by atoms with E-state index >= 15 is 0 Å². The van der Waals surface area contributed by atoms with Crippen molar-refractivity contribution in [3.63, 3.8) is 0 Å². The number of piperazine rings is 1. The fourth-order valence-corrected chi connectivity index (χ4v) is 2.80. The monoisotopic (exact) mass is 286 g/mol. The van der Waals surface area contributed by atoms with E-state index in [-0.39, 0.29) is 17.3 Å². The summed E-state index contributed by atoms with van der Waals surface area (Å²) in [6.45, 7) is 7.38. The highest BCUT2D eigenvalue weighted by Crippen LogP contribution is 2.30. The molecule has 1 aromatic rings. The Kier molecular flexibility index (Phi) is 4.28. The van der Waals surface area contributed by atoms with Crippen LogP contribution in [0.5, 0.6) is 0 Å². The summed E-state index contributed by atoms with van der Waals surface area (Å²) in [6.07, 6.45) is 1.80. The van der Waals surface area contributed by atoms with Crippen molar-refractivity contribution in [2.24, 2.45) is 0 Å². The van der Waals surface area contributed by atoms with Crippen molar-refractivity contribution in [1.29, 1.82) is 0 Å². The number of benzene rings is 1. The van der Waals surface area contributed by atoms with Crippen LogP contribution >= 0.6 is 0 Å². The molecule has 1 N–H and O–H groups in total. The molecule has 112 valence electrons. The van der Waals surface area contributed by atoms with Crippen LogP contribution in [0, 0.1) is 17.5 Å². The summed E-state index contributed by atoms with van der Waals surface area (Å²) in [5.41, 5.74) is 0.0354. The first-order valence-electron chi connectivity index (χ1n) is 7.09. The second-order valence-electron chi connectivity index (χ2n) is 5.54. The van der Waals surface area contributed by atoms with Gasteiger partial charge in [0, 0.05) is 24.7 Å². The molecule has 1 heterocycles. The van der Waals surface area contributed by atoms with Gasteiger partial charge in [0.25, 0.3) is 0 Å². The number of hydrogen-bond acceptors (Lipinski definition) is 2. The predicted octanol–water partition coefficient (Wildman–Crippen LogP) is 3.46. The summed E-state index contributed by atoms with van der Waals surface area (Å²) < 4.78 is 40.5. The van der Waals surface area contributed by atoms with E-state index < -0.39 is 17.5 Å². The van der Waals surface area contributed by atoms with E-state index in [1.165, 1.54) is 6.07 Å². The Morgan fingerprint density at radius 3 is 2.45 bits per heavy atom. The van der Waals surface area contributed by atoms with Gasteiger partial charge in [-0.2, -0.15) is 0 Å². The first-order chi connectivity index (χ1) is 9.44. The highest BCUT2D eigenvalue weighted by molar-refractivity contribution is 5.50. The van der Waals surface area contributed by atoms with Crippen LogP contribution in [0.25, 0.3) is 0 Å². The maximum atomic E-state index is 14.0. The summed E-state index contributed by atoms with van der Waals surface area (Å²) in [5, 5.41) is 3.49. The highest BCUT2D eigenvalue weighted by atomic mass is 19.2. The molecular formula is C15H21F3N2. The van der Waals surface area contributed by atoms with Crippen LogP contribution in [0.15, 0.2) is 12.1 Å². The number of nitrogens with one attached hydrogen (secondary N) is 1. The van der Waals surface area contributed by atoms with Crippen molar-refractivity contribution in [3.05, 3.63) is 29.6 Å². The zero-order valence-electron chi connectivity index (χ0n) is 12.1. The molecule has 0 radical (unpaired) electrons. The zero-order valence-corrected chi connectivity index (χ0v) is 12.1. The minimum Gasteiger partial charge on any atom is -0.363 e. The molecule has 1 atom stereocenters. The molecule has 2 rings (SSSR count). The smallest absolute Gasteiger partial charge is 0.196 e. The van der Waals surface area contributed by atoms with Gasteiger partial charge < -0.3 is 10.2 Å². The first kappa shape index (κ1) is 15.2. The van der Waals surface area contributed by atoms with Gasteiger partial charge in [-0.15, -0.1) is 0 Å². The lowest BCUT2D eigenvalue weighted by atomic mass is 9.88. The van der Waals surface area contributed by atoms with Gasteiger partial charge in [0.2, 0.25) is 0 Å². The summed E-state index contributed by atoms with van der Waals surface area (Å²) in [7, 11) is 0. The molecule has 1 saturated heterocycles. The normalized spacial score (nSPS) is 22.1. The summed E-state index contributed by atoms with van der Waals surface area (Å²) in [5.74, 6) is -3.64. The average Bonchev–Trinajstić information content (AvgIpc) is 2.47. The third kappa shape index (κ3) is 2.51. The minimum absolute atomic E-state index is 0.0283. The number of halogens is 3. The lowest BCUT2D eigenvalue weighted by Gasteiger charge is -2.47. The third-order valence-electron chi connectivity index (χ3n) is 4.46. The quantitative estimate of drug-likeness (QED) is 0.856. The summed E-state index contributed by atoms with van der Waals surface area (Å²) >= 11 is 0. The van der Waals surface area contributed by atoms with Crippen molar-refractivity contribution in [2.75, 3.05) is 18.0 Å². The molecule has 0 amide bonds. The Hall–Kier alpha value is -1.23. The first-order valence-corrected chi connectivity index (χ1v) is 7.09. The Balaban J connectivity index is 2.37. The van der Waals surface area contributed by atoms with Gasteiger partial charge in [-0.25, -0.2) is 13.2 Å². The molecule has 0 aromatic heterocycles. The molecule has 1 aliphatic rings. The van der Waals surface area contributed by atoms with Crippen LogP contribution in [0.2, 0.25) is 0 Å². The molecule has 5 heteroatoms. The van der Waals surface area contributed by atoms with Crippen molar-refractivity contribution >= 4 is 5.69 Å². The Bertz CT molecular complexity index is 486. The van der Waals surface area contributed by atoms with Crippen molar-refractivity contribution in [3.8, 4) is 0 Å². The Morgan fingerprint density at radius 2 is 1.85 bits per heavy atom. The number of hydrogen-bond donors (Lipinski definition) is 1. The molecule has 20 heavy (non-hydrogen) atoms. The van der Waals surface area contributed by atoms with E-state index in [1.807, 2.05) is 11.8 Å². The van der Waals surface area contributed by atoms with Crippen LogP contribution in [-0.2, 0) is 0 Å². The fraction of sp³-hybridized carbons (Fsp3) is 0.600. The number of anilines is 1. The standard InChI is InChI=1S/C15H21F3N2/c1-4-15(5-2)9-20(10(3)8-19-15)12-7-6-11(16)13(17)14(12)18/h6-7,10,19H,4-5,8-9H2,1-3H3. The Morgan fingerprint density at radius 1 is 1.20 bits per heavy atom. The minimum atomic E-state index is -1.40. The van der Waals surface area contributed by atoms with Crippen LogP contribution in [0.1, 0.15) is 33.6 Å². The van der Waals surface area contributed by atoms with Crippen molar-refractivity contribution < 1.29 is 13.2 Å². The van der Waals surface area contributed by atoms with Gasteiger partial charge in [0.05, 0.1) is 5.69 Å². The van der Waals surface area contributed by atoms with E-state index in [2.05, 4.69) is 19.2 Å². The van der Waals surface area contributed by atoms with Gasteiger partial charge >= 0.3 is 0 Å². The maximum Gasteiger partial charge on any atom is 0.196 e. The second-order valence-corrected chi connectivity index (χ2v) is 5.54. The summed E-state index contributed by atoms with van der Waals surface area (Å²) in [4.78, 5) is 1.83. The van der Waals surface area contributed by atoms with Gasteiger partial charge in [0.1, 0.15) is 0 Å². The molecule has 1 unspecified atom stereocenters. The van der Waals surface area contributed by atoms with Crippen LogP contribution < -0.4 is 10.2 Å². The van der Waals surface area contributed by atoms with E-state index in [0.29, 0.717) is 13.1 Å².